The summed E-state index contributed by atoms with van der Waals surface area (Å²) in [6.45, 7) is 3.46. The zero-order chi connectivity index (χ0) is 8.55. The van der Waals surface area contributed by atoms with Crippen molar-refractivity contribution in [1.82, 2.24) is 10.2 Å². The van der Waals surface area contributed by atoms with Gasteiger partial charge >= 0.3 is 0 Å². The maximum atomic E-state index is 3.58. The number of rotatable bonds is 1. The molecule has 2 fully saturated rings. The van der Waals surface area contributed by atoms with Crippen molar-refractivity contribution in [3.05, 3.63) is 0 Å². The zero-order valence-corrected chi connectivity index (χ0v) is 9.01. The largest absolute Gasteiger partial charge is 0.300 e. The molecular formula is C9H19N2P. The molecule has 2 nitrogen and oxygen atoms in total. The molecule has 0 spiro atoms. The van der Waals surface area contributed by atoms with Crippen molar-refractivity contribution in [2.24, 2.45) is 0 Å². The van der Waals surface area contributed by atoms with Crippen LogP contribution in [0, 0.1) is 0 Å². The number of fused-ring (bicyclic) bond motifs is 1. The van der Waals surface area contributed by atoms with Crippen molar-refractivity contribution in [2.75, 3.05) is 20.4 Å². The smallest absolute Gasteiger partial charge is 0.0483 e. The van der Waals surface area contributed by atoms with Gasteiger partial charge in [0.25, 0.3) is 0 Å². The normalized spacial score (nSPS) is 44.0. The van der Waals surface area contributed by atoms with Gasteiger partial charge in [-0.2, -0.15) is 0 Å². The number of hydrogen-bond acceptors (Lipinski definition) is 2. The molecule has 0 amide bonds. The predicted molar refractivity (Wildman–Crippen MR) is 55.2 cm³/mol. The van der Waals surface area contributed by atoms with Crippen molar-refractivity contribution in [3.63, 3.8) is 0 Å². The molecule has 1 aliphatic carbocycles. The summed E-state index contributed by atoms with van der Waals surface area (Å²) in [7, 11) is 3.40. The van der Waals surface area contributed by atoms with Crippen molar-refractivity contribution >= 4 is 8.58 Å². The number of likely N-dealkylation sites (N-methyl/N-ethyl adjacent to an activating group) is 1. The molecule has 70 valence electrons. The molecule has 1 heterocycles. The minimum atomic E-state index is 0.808. The van der Waals surface area contributed by atoms with Gasteiger partial charge in [0, 0.05) is 18.8 Å². The SMILES string of the molecule is CPC1CCC2NCN(C)C2C1. The standard InChI is InChI=1S/C9H19N2P/c1-11-6-10-8-4-3-7(12-2)5-9(8)11/h7-10,12H,3-6H2,1-2H3. The van der Waals surface area contributed by atoms with Crippen LogP contribution in [0.1, 0.15) is 19.3 Å². The molecule has 1 saturated carbocycles. The molecule has 12 heavy (non-hydrogen) atoms. The van der Waals surface area contributed by atoms with Gasteiger partial charge in [0.05, 0.1) is 0 Å². The second-order valence-corrected chi connectivity index (χ2v) is 5.49. The van der Waals surface area contributed by atoms with Crippen LogP contribution in [0.2, 0.25) is 0 Å². The Bertz CT molecular complexity index is 163. The van der Waals surface area contributed by atoms with Crippen molar-refractivity contribution in [2.45, 2.75) is 37.0 Å². The van der Waals surface area contributed by atoms with Gasteiger partial charge in [-0.15, -0.1) is 8.58 Å². The summed E-state index contributed by atoms with van der Waals surface area (Å²) in [5.41, 5.74) is 1.02. The Labute approximate surface area is 76.9 Å². The molecule has 0 aromatic rings. The van der Waals surface area contributed by atoms with Gasteiger partial charge in [-0.3, -0.25) is 10.2 Å². The van der Waals surface area contributed by atoms with E-state index in [9.17, 15) is 0 Å². The van der Waals surface area contributed by atoms with Crippen LogP contribution in [0.3, 0.4) is 0 Å². The summed E-state index contributed by atoms with van der Waals surface area (Å²) in [6, 6.07) is 1.65. The molecule has 0 aromatic heterocycles. The Morgan fingerprint density at radius 3 is 3.00 bits per heavy atom. The van der Waals surface area contributed by atoms with Crippen LogP contribution in [0.4, 0.5) is 0 Å². The molecule has 1 saturated heterocycles. The van der Waals surface area contributed by atoms with E-state index in [1.165, 1.54) is 19.3 Å². The third-order valence-electron chi connectivity index (χ3n) is 3.39. The van der Waals surface area contributed by atoms with Gasteiger partial charge in [-0.05, 0) is 38.6 Å². The topological polar surface area (TPSA) is 15.3 Å². The maximum absolute atomic E-state index is 3.58. The van der Waals surface area contributed by atoms with Crippen LogP contribution in [-0.4, -0.2) is 43.0 Å². The first-order valence-corrected chi connectivity index (χ1v) is 6.50. The molecule has 4 atom stereocenters. The van der Waals surface area contributed by atoms with Gasteiger partial charge in [-0.1, -0.05) is 0 Å². The second kappa shape index (κ2) is 3.61. The van der Waals surface area contributed by atoms with Crippen molar-refractivity contribution in [1.29, 1.82) is 0 Å². The van der Waals surface area contributed by atoms with Crippen LogP contribution >= 0.6 is 8.58 Å². The van der Waals surface area contributed by atoms with Crippen LogP contribution in [-0.2, 0) is 0 Å². The van der Waals surface area contributed by atoms with Crippen molar-refractivity contribution < 1.29 is 0 Å². The third kappa shape index (κ3) is 1.53. The first-order valence-electron chi connectivity index (χ1n) is 4.92. The molecular weight excluding hydrogens is 167 g/mol. The third-order valence-corrected chi connectivity index (χ3v) is 4.73. The first kappa shape index (κ1) is 8.93. The Morgan fingerprint density at radius 1 is 1.42 bits per heavy atom. The van der Waals surface area contributed by atoms with E-state index in [1.54, 1.807) is 0 Å². The monoisotopic (exact) mass is 186 g/mol. The van der Waals surface area contributed by atoms with Crippen LogP contribution in [0.5, 0.6) is 0 Å². The summed E-state index contributed by atoms with van der Waals surface area (Å²) in [6.07, 6.45) is 4.29. The first-order chi connectivity index (χ1) is 5.81. The van der Waals surface area contributed by atoms with E-state index in [1.807, 2.05) is 0 Å². The molecule has 0 bridgehead atoms. The van der Waals surface area contributed by atoms with Crippen LogP contribution < -0.4 is 5.32 Å². The van der Waals surface area contributed by atoms with E-state index in [4.69, 9.17) is 0 Å². The average Bonchev–Trinajstić information content (AvgIpc) is 2.47. The molecule has 4 unspecified atom stereocenters. The van der Waals surface area contributed by atoms with Crippen molar-refractivity contribution in [3.8, 4) is 0 Å². The van der Waals surface area contributed by atoms with E-state index in [0.717, 1.165) is 33.0 Å². The summed E-state index contributed by atoms with van der Waals surface area (Å²) >= 11 is 0. The highest BCUT2D eigenvalue weighted by molar-refractivity contribution is 7.37. The molecule has 2 aliphatic rings. The number of nitrogens with zero attached hydrogens (tertiary/aromatic N) is 1. The quantitative estimate of drug-likeness (QED) is 0.616. The molecule has 2 rings (SSSR count). The fourth-order valence-electron chi connectivity index (χ4n) is 2.51. The number of nitrogens with one attached hydrogen (secondary N) is 1. The lowest BCUT2D eigenvalue weighted by Gasteiger charge is -2.33. The van der Waals surface area contributed by atoms with Gasteiger partial charge in [-0.25, -0.2) is 0 Å². The maximum Gasteiger partial charge on any atom is 0.0483 e. The Balaban J connectivity index is 1.97. The van der Waals surface area contributed by atoms with Gasteiger partial charge in [0.1, 0.15) is 0 Å². The predicted octanol–water partition coefficient (Wildman–Crippen LogP) is 1.08. The van der Waals surface area contributed by atoms with Gasteiger partial charge in [0.15, 0.2) is 0 Å². The van der Waals surface area contributed by atoms with E-state index in [0.29, 0.717) is 0 Å². The summed E-state index contributed by atoms with van der Waals surface area (Å²) in [5, 5.41) is 3.58. The van der Waals surface area contributed by atoms with E-state index < -0.39 is 0 Å². The Morgan fingerprint density at radius 2 is 2.25 bits per heavy atom. The lowest BCUT2D eigenvalue weighted by Crippen LogP contribution is -2.40. The minimum Gasteiger partial charge on any atom is -0.300 e. The van der Waals surface area contributed by atoms with Crippen LogP contribution in [0.25, 0.3) is 0 Å². The highest BCUT2D eigenvalue weighted by atomic mass is 31.1. The molecule has 0 aromatic carbocycles. The van der Waals surface area contributed by atoms with Gasteiger partial charge in [0.2, 0.25) is 0 Å². The average molecular weight is 186 g/mol. The molecule has 1 aliphatic heterocycles. The van der Waals surface area contributed by atoms with E-state index in [-0.39, 0.29) is 0 Å². The lowest BCUT2D eigenvalue weighted by molar-refractivity contribution is 0.250. The summed E-state index contributed by atoms with van der Waals surface area (Å²) in [4.78, 5) is 2.48. The van der Waals surface area contributed by atoms with E-state index >= 15 is 0 Å². The van der Waals surface area contributed by atoms with Crippen LogP contribution in [0.15, 0.2) is 0 Å². The fourth-order valence-corrected chi connectivity index (χ4v) is 3.45. The summed E-state index contributed by atoms with van der Waals surface area (Å²) in [5.74, 6) is 0. The Hall–Kier alpha value is 0.350. The van der Waals surface area contributed by atoms with Gasteiger partial charge < -0.3 is 0 Å². The van der Waals surface area contributed by atoms with E-state index in [2.05, 4.69) is 23.9 Å². The zero-order valence-electron chi connectivity index (χ0n) is 8.01. The minimum absolute atomic E-state index is 0.808. The fraction of sp³-hybridized carbons (Fsp3) is 1.00. The lowest BCUT2D eigenvalue weighted by atomic mass is 9.91. The summed E-state index contributed by atoms with van der Waals surface area (Å²) < 4.78 is 0. The highest BCUT2D eigenvalue weighted by Crippen LogP contribution is 2.34. The Kier molecular flexibility index (Phi) is 2.69. The number of hydrogen-bond donors (Lipinski definition) is 1. The molecule has 1 N–H and O–H groups in total. The molecule has 3 heteroatoms. The highest BCUT2D eigenvalue weighted by Gasteiger charge is 2.36. The second-order valence-electron chi connectivity index (χ2n) is 4.09. The molecule has 0 radical (unpaired) electrons.